The van der Waals surface area contributed by atoms with Gasteiger partial charge in [-0.15, -0.1) is 0 Å². The maximum atomic E-state index is 6.99. The molecule has 5 fully saturated rings. The summed E-state index contributed by atoms with van der Waals surface area (Å²) in [6.45, 7) is 8.71. The maximum absolute atomic E-state index is 6.99. The molecule has 8 rings (SSSR count). The Bertz CT molecular complexity index is 1540. The lowest BCUT2D eigenvalue weighted by Crippen LogP contribution is -2.64. The highest BCUT2D eigenvalue weighted by Crippen LogP contribution is 2.44. The van der Waals surface area contributed by atoms with Crippen molar-refractivity contribution >= 4 is 0 Å². The smallest absolute Gasteiger partial charge is 0.190 e. The van der Waals surface area contributed by atoms with Crippen molar-refractivity contribution in [3.8, 4) is 0 Å². The first-order chi connectivity index (χ1) is 24.2. The molecule has 5 saturated heterocycles. The average Bonchev–Trinajstić information content (AvgIpc) is 3.75. The molecule has 0 aromatic heterocycles. The minimum absolute atomic E-state index is 0.262. The molecule has 3 aromatic rings. The van der Waals surface area contributed by atoms with Crippen molar-refractivity contribution in [3.63, 3.8) is 0 Å². The van der Waals surface area contributed by atoms with Crippen molar-refractivity contribution in [2.75, 3.05) is 13.2 Å². The first-order valence-electron chi connectivity index (χ1n) is 17.5. The third kappa shape index (κ3) is 7.41. The summed E-state index contributed by atoms with van der Waals surface area (Å²) in [4.78, 5) is 0. The number of rotatable bonds is 10. The van der Waals surface area contributed by atoms with E-state index in [1.807, 2.05) is 119 Å². The van der Waals surface area contributed by atoms with Gasteiger partial charge in [0.2, 0.25) is 0 Å². The first-order valence-corrected chi connectivity index (χ1v) is 17.5. The number of fused-ring (bicyclic) bond motifs is 2. The van der Waals surface area contributed by atoms with Crippen molar-refractivity contribution in [3.05, 3.63) is 108 Å². The highest BCUT2D eigenvalue weighted by Gasteiger charge is 2.61. The lowest BCUT2D eigenvalue weighted by molar-refractivity contribution is -0.381. The molecule has 0 amide bonds. The summed E-state index contributed by atoms with van der Waals surface area (Å²) < 4.78 is 71.5. The van der Waals surface area contributed by atoms with Crippen LogP contribution in [-0.2, 0) is 65.3 Å². The topological polar surface area (TPSA) is 102 Å². The second kappa shape index (κ2) is 14.3. The molecule has 268 valence electrons. The predicted octanol–water partition coefficient (Wildman–Crippen LogP) is 5.41. The monoisotopic (exact) mass is 690 g/mol. The number of benzene rings is 3. The normalized spacial score (nSPS) is 37.3. The highest BCUT2D eigenvalue weighted by atomic mass is 16.9. The summed E-state index contributed by atoms with van der Waals surface area (Å²) in [7, 11) is 0. The Hall–Kier alpha value is -2.78. The number of hydrogen-bond acceptors (Lipinski definition) is 11. The maximum Gasteiger partial charge on any atom is 0.190 e. The number of ether oxygens (including phenoxy) is 11. The fourth-order valence-electron chi connectivity index (χ4n) is 7.33. The fraction of sp³-hybridized carbons (Fsp3) is 0.538. The lowest BCUT2D eigenvalue weighted by Gasteiger charge is -2.49. The van der Waals surface area contributed by atoms with Crippen LogP contribution in [0.3, 0.4) is 0 Å². The van der Waals surface area contributed by atoms with E-state index in [9.17, 15) is 0 Å². The molecule has 0 N–H and O–H groups in total. The molecule has 3 aromatic carbocycles. The Kier molecular flexibility index (Phi) is 9.83. The summed E-state index contributed by atoms with van der Waals surface area (Å²) in [6.07, 6.45) is -6.73. The van der Waals surface area contributed by atoms with Crippen molar-refractivity contribution in [2.45, 2.75) is 120 Å². The van der Waals surface area contributed by atoms with Crippen molar-refractivity contribution in [1.29, 1.82) is 0 Å². The van der Waals surface area contributed by atoms with E-state index in [1.54, 1.807) is 0 Å². The van der Waals surface area contributed by atoms with Crippen molar-refractivity contribution in [1.82, 2.24) is 0 Å². The summed E-state index contributed by atoms with van der Waals surface area (Å²) in [5, 5.41) is 0. The van der Waals surface area contributed by atoms with Gasteiger partial charge in [-0.25, -0.2) is 0 Å². The van der Waals surface area contributed by atoms with E-state index < -0.39 is 79.3 Å². The molecule has 0 spiro atoms. The predicted molar refractivity (Wildman–Crippen MR) is 177 cm³/mol. The molecule has 5 heterocycles. The van der Waals surface area contributed by atoms with Crippen LogP contribution in [0.15, 0.2) is 91.0 Å². The molecule has 0 saturated carbocycles. The zero-order chi connectivity index (χ0) is 34.3. The zero-order valence-corrected chi connectivity index (χ0v) is 28.8. The van der Waals surface area contributed by atoms with E-state index in [2.05, 4.69) is 0 Å². The van der Waals surface area contributed by atoms with Gasteiger partial charge in [0.15, 0.2) is 30.4 Å². The van der Waals surface area contributed by atoms with E-state index in [-0.39, 0.29) is 6.61 Å². The van der Waals surface area contributed by atoms with E-state index in [0.29, 0.717) is 19.8 Å². The van der Waals surface area contributed by atoms with Crippen LogP contribution in [0.5, 0.6) is 0 Å². The van der Waals surface area contributed by atoms with Gasteiger partial charge < -0.3 is 52.1 Å². The summed E-state index contributed by atoms with van der Waals surface area (Å²) in [5.74, 6) is -1.63. The summed E-state index contributed by atoms with van der Waals surface area (Å²) >= 11 is 0. The Morgan fingerprint density at radius 1 is 0.580 bits per heavy atom. The van der Waals surface area contributed by atoms with Crippen molar-refractivity contribution < 1.29 is 52.1 Å². The van der Waals surface area contributed by atoms with Crippen LogP contribution in [-0.4, -0.2) is 86.2 Å². The molecule has 50 heavy (non-hydrogen) atoms. The second-order valence-electron chi connectivity index (χ2n) is 14.3. The zero-order valence-electron chi connectivity index (χ0n) is 28.8. The van der Waals surface area contributed by atoms with Gasteiger partial charge in [-0.1, -0.05) is 91.0 Å². The lowest BCUT2D eigenvalue weighted by atomic mass is 9.96. The van der Waals surface area contributed by atoms with Gasteiger partial charge in [0.1, 0.15) is 48.8 Å². The minimum Gasteiger partial charge on any atom is -0.368 e. The summed E-state index contributed by atoms with van der Waals surface area (Å²) in [6, 6.07) is 29.9. The van der Waals surface area contributed by atoms with Gasteiger partial charge >= 0.3 is 0 Å². The first kappa shape index (κ1) is 34.3. The van der Waals surface area contributed by atoms with E-state index in [4.69, 9.17) is 52.1 Å². The largest absolute Gasteiger partial charge is 0.368 e. The molecule has 11 nitrogen and oxygen atoms in total. The van der Waals surface area contributed by atoms with Crippen LogP contribution in [0.25, 0.3) is 0 Å². The SMILES string of the molecule is CC1(C)O[C@H]2O[C@H]([C@H]3COC(C)(C)O3)[C@H](O[C@H]3O[C@@H]4COC(c5ccccc5)O[C@H]4[C@H](OCc4ccccc4)[C@H]3OCc3ccccc3)[C@H]2O1. The Morgan fingerprint density at radius 2 is 1.20 bits per heavy atom. The molecule has 11 heteroatoms. The highest BCUT2D eigenvalue weighted by molar-refractivity contribution is 5.18. The Labute approximate surface area is 292 Å². The van der Waals surface area contributed by atoms with Crippen LogP contribution in [0.2, 0.25) is 0 Å². The van der Waals surface area contributed by atoms with Crippen LogP contribution in [0.4, 0.5) is 0 Å². The van der Waals surface area contributed by atoms with Gasteiger partial charge in [0.05, 0.1) is 26.4 Å². The minimum atomic E-state index is -0.918. The van der Waals surface area contributed by atoms with Crippen molar-refractivity contribution in [2.24, 2.45) is 0 Å². The second-order valence-corrected chi connectivity index (χ2v) is 14.3. The van der Waals surface area contributed by atoms with Gasteiger partial charge in [-0.3, -0.25) is 0 Å². The Morgan fingerprint density at radius 3 is 1.84 bits per heavy atom. The molecule has 0 radical (unpaired) electrons. The van der Waals surface area contributed by atoms with Gasteiger partial charge in [0, 0.05) is 5.56 Å². The quantitative estimate of drug-likeness (QED) is 0.273. The molecular weight excluding hydrogens is 644 g/mol. The van der Waals surface area contributed by atoms with Crippen LogP contribution in [0, 0.1) is 0 Å². The number of hydrogen-bond donors (Lipinski definition) is 0. The van der Waals surface area contributed by atoms with Crippen LogP contribution >= 0.6 is 0 Å². The third-order valence-electron chi connectivity index (χ3n) is 9.64. The standard InChI is InChI=1S/C39H46O11/c1-38(2)43-23-28(48-38)30-32(34-37(46-30)50-39(3,4)49-34)47-36-33(41-21-25-16-10-6-11-17-25)31(40-20-24-14-8-5-9-15-24)29-27(44-36)22-42-35(45-29)26-18-12-7-13-19-26/h5-19,27-37H,20-23H2,1-4H3/t27-,28-,29-,30-,31+,32+,33-,34-,35?,36-,37-/m1/s1. The third-order valence-corrected chi connectivity index (χ3v) is 9.64. The van der Waals surface area contributed by atoms with E-state index >= 15 is 0 Å². The fourth-order valence-corrected chi connectivity index (χ4v) is 7.33. The van der Waals surface area contributed by atoms with Gasteiger partial charge in [-0.05, 0) is 38.8 Å². The van der Waals surface area contributed by atoms with Gasteiger partial charge in [-0.2, -0.15) is 0 Å². The van der Waals surface area contributed by atoms with E-state index in [1.165, 1.54) is 0 Å². The van der Waals surface area contributed by atoms with Gasteiger partial charge in [0.25, 0.3) is 0 Å². The molecule has 0 aliphatic carbocycles. The molecular formula is C39H46O11. The summed E-state index contributed by atoms with van der Waals surface area (Å²) in [5.41, 5.74) is 2.93. The van der Waals surface area contributed by atoms with Crippen LogP contribution in [0.1, 0.15) is 50.7 Å². The average molecular weight is 691 g/mol. The molecule has 11 atom stereocenters. The molecule has 5 aliphatic rings. The molecule has 0 bridgehead atoms. The molecule has 5 aliphatic heterocycles. The van der Waals surface area contributed by atoms with Crippen LogP contribution < -0.4 is 0 Å². The van der Waals surface area contributed by atoms with E-state index in [0.717, 1.165) is 16.7 Å². The molecule has 1 unspecified atom stereocenters. The Balaban J connectivity index is 1.12.